The Balaban J connectivity index is 2.25. The van der Waals surface area contributed by atoms with Crippen molar-refractivity contribution in [2.45, 2.75) is 30.3 Å². The lowest BCUT2D eigenvalue weighted by atomic mass is 10.1. The molecule has 0 aliphatic carbocycles. The van der Waals surface area contributed by atoms with Crippen LogP contribution in [0.5, 0.6) is 0 Å². The van der Waals surface area contributed by atoms with Crippen LogP contribution in [0.2, 0.25) is 0 Å². The molecule has 1 aromatic rings. The maximum Gasteiger partial charge on any atom is 0.243 e. The number of likely N-dealkylation sites (N-methyl/N-ethyl adjacent to an activating group) is 1. The highest BCUT2D eigenvalue weighted by molar-refractivity contribution is 7.89. The van der Waals surface area contributed by atoms with Crippen molar-refractivity contribution < 1.29 is 8.42 Å². The topological polar surface area (TPSA) is 66.6 Å². The van der Waals surface area contributed by atoms with Crippen LogP contribution in [-0.2, 0) is 10.0 Å². The van der Waals surface area contributed by atoms with Gasteiger partial charge in [-0.1, -0.05) is 12.1 Å². The molecule has 0 saturated carbocycles. The maximum absolute atomic E-state index is 12.6. The monoisotopic (exact) mass is 297 g/mol. The molecule has 2 rings (SSSR count). The molecule has 2 atom stereocenters. The summed E-state index contributed by atoms with van der Waals surface area (Å²) in [7, 11) is 0.557. The Morgan fingerprint density at radius 1 is 1.40 bits per heavy atom. The number of nitrogens with zero attached hydrogens (tertiary/aromatic N) is 2. The predicted octanol–water partition coefficient (Wildman–Crippen LogP) is 1.03. The molecule has 0 amide bonds. The van der Waals surface area contributed by atoms with E-state index < -0.39 is 10.0 Å². The summed E-state index contributed by atoms with van der Waals surface area (Å²) in [6, 6.07) is 7.06. The first kappa shape index (κ1) is 15.4. The molecule has 0 radical (unpaired) electrons. The number of nitrogens with two attached hydrogens (primary N) is 1. The van der Waals surface area contributed by atoms with Gasteiger partial charge in [0.15, 0.2) is 0 Å². The summed E-state index contributed by atoms with van der Waals surface area (Å²) in [4.78, 5) is 2.42. The predicted molar refractivity (Wildman–Crippen MR) is 79.9 cm³/mol. The van der Waals surface area contributed by atoms with Crippen LogP contribution < -0.4 is 5.73 Å². The van der Waals surface area contributed by atoms with E-state index in [0.29, 0.717) is 24.0 Å². The summed E-state index contributed by atoms with van der Waals surface area (Å²) in [5.74, 6) is 0. The van der Waals surface area contributed by atoms with Gasteiger partial charge in [0.1, 0.15) is 0 Å². The number of rotatable bonds is 4. The zero-order valence-corrected chi connectivity index (χ0v) is 13.1. The molecule has 1 aliphatic heterocycles. The van der Waals surface area contributed by atoms with E-state index in [0.717, 1.165) is 12.0 Å². The standard InChI is InChI=1S/C14H23N3O2S/c1-11(15)12-5-4-6-14(9-12)20(18,19)17-8-7-13(10-17)16(2)3/h4-6,9,11,13H,7-8,10,15H2,1-3H3. The van der Waals surface area contributed by atoms with Gasteiger partial charge < -0.3 is 10.6 Å². The minimum atomic E-state index is -3.41. The average Bonchev–Trinajstić information content (AvgIpc) is 2.89. The quantitative estimate of drug-likeness (QED) is 0.901. The molecule has 2 unspecified atom stereocenters. The molecule has 2 N–H and O–H groups in total. The fourth-order valence-corrected chi connectivity index (χ4v) is 4.01. The SMILES string of the molecule is CC(N)c1cccc(S(=O)(=O)N2CCC(N(C)C)C2)c1. The molecule has 1 heterocycles. The van der Waals surface area contributed by atoms with Gasteiger partial charge in [-0.25, -0.2) is 8.42 Å². The second-order valence-electron chi connectivity index (χ2n) is 5.63. The Morgan fingerprint density at radius 3 is 2.65 bits per heavy atom. The lowest BCUT2D eigenvalue weighted by molar-refractivity contribution is 0.302. The van der Waals surface area contributed by atoms with Crippen molar-refractivity contribution in [1.29, 1.82) is 0 Å². The van der Waals surface area contributed by atoms with Gasteiger partial charge in [-0.05, 0) is 45.1 Å². The van der Waals surface area contributed by atoms with Gasteiger partial charge in [-0.15, -0.1) is 0 Å². The summed E-state index contributed by atoms with van der Waals surface area (Å²) in [6.07, 6.45) is 0.874. The number of benzene rings is 1. The van der Waals surface area contributed by atoms with Crippen molar-refractivity contribution in [3.63, 3.8) is 0 Å². The Hall–Kier alpha value is -0.950. The second-order valence-corrected chi connectivity index (χ2v) is 7.57. The smallest absolute Gasteiger partial charge is 0.243 e. The molecule has 1 saturated heterocycles. The molecule has 0 aromatic heterocycles. The summed E-state index contributed by atoms with van der Waals surface area (Å²) < 4.78 is 26.9. The molecule has 1 fully saturated rings. The molecule has 6 heteroatoms. The van der Waals surface area contributed by atoms with Gasteiger partial charge in [0.05, 0.1) is 4.90 Å². The molecule has 0 bridgehead atoms. The summed E-state index contributed by atoms with van der Waals surface area (Å²) in [6.45, 7) is 2.98. The first-order valence-corrected chi connectivity index (χ1v) is 8.28. The van der Waals surface area contributed by atoms with Gasteiger partial charge in [-0.2, -0.15) is 4.31 Å². The molecule has 112 valence electrons. The highest BCUT2D eigenvalue weighted by Gasteiger charge is 2.33. The second kappa shape index (κ2) is 5.81. The fraction of sp³-hybridized carbons (Fsp3) is 0.571. The van der Waals surface area contributed by atoms with Crippen LogP contribution in [0, 0.1) is 0 Å². The van der Waals surface area contributed by atoms with Crippen molar-refractivity contribution in [2.24, 2.45) is 5.73 Å². The summed E-state index contributed by atoms with van der Waals surface area (Å²) >= 11 is 0. The largest absolute Gasteiger partial charge is 0.324 e. The van der Waals surface area contributed by atoms with Gasteiger partial charge in [0.2, 0.25) is 10.0 Å². The van der Waals surface area contributed by atoms with Crippen LogP contribution in [0.25, 0.3) is 0 Å². The van der Waals surface area contributed by atoms with Gasteiger partial charge in [0, 0.05) is 25.2 Å². The van der Waals surface area contributed by atoms with E-state index in [2.05, 4.69) is 4.90 Å². The molecular weight excluding hydrogens is 274 g/mol. The van der Waals surface area contributed by atoms with Crippen LogP contribution in [0.4, 0.5) is 0 Å². The zero-order valence-electron chi connectivity index (χ0n) is 12.3. The molecule has 0 spiro atoms. The highest BCUT2D eigenvalue weighted by atomic mass is 32.2. The number of hydrogen-bond donors (Lipinski definition) is 1. The van der Waals surface area contributed by atoms with E-state index in [1.54, 1.807) is 22.5 Å². The lowest BCUT2D eigenvalue weighted by Gasteiger charge is -2.20. The third-order valence-electron chi connectivity index (χ3n) is 3.88. The number of hydrogen-bond acceptors (Lipinski definition) is 4. The van der Waals surface area contributed by atoms with E-state index in [9.17, 15) is 8.42 Å². The maximum atomic E-state index is 12.6. The molecule has 5 nitrogen and oxygen atoms in total. The molecule has 1 aromatic carbocycles. The van der Waals surface area contributed by atoms with Crippen LogP contribution in [-0.4, -0.2) is 50.8 Å². The van der Waals surface area contributed by atoms with Gasteiger partial charge in [-0.3, -0.25) is 0 Å². The molecule has 20 heavy (non-hydrogen) atoms. The Kier molecular flexibility index (Phi) is 4.49. The van der Waals surface area contributed by atoms with Crippen LogP contribution in [0.15, 0.2) is 29.2 Å². The fourth-order valence-electron chi connectivity index (χ4n) is 2.46. The minimum absolute atomic E-state index is 0.168. The van der Waals surface area contributed by atoms with Crippen LogP contribution >= 0.6 is 0 Å². The Bertz CT molecular complexity index is 570. The van der Waals surface area contributed by atoms with E-state index in [1.165, 1.54) is 0 Å². The Labute approximate surface area is 121 Å². The normalized spacial score (nSPS) is 22.4. The third-order valence-corrected chi connectivity index (χ3v) is 5.74. The number of sulfonamides is 1. The highest BCUT2D eigenvalue weighted by Crippen LogP contribution is 2.24. The van der Waals surface area contributed by atoms with Crippen LogP contribution in [0.1, 0.15) is 24.9 Å². The van der Waals surface area contributed by atoms with Crippen molar-refractivity contribution in [2.75, 3.05) is 27.2 Å². The van der Waals surface area contributed by atoms with E-state index in [4.69, 9.17) is 5.73 Å². The average molecular weight is 297 g/mol. The molecular formula is C14H23N3O2S. The first-order chi connectivity index (χ1) is 9.32. The van der Waals surface area contributed by atoms with Crippen LogP contribution in [0.3, 0.4) is 0 Å². The lowest BCUT2D eigenvalue weighted by Crippen LogP contribution is -2.34. The summed E-state index contributed by atoms with van der Waals surface area (Å²) in [5.41, 5.74) is 6.67. The van der Waals surface area contributed by atoms with Crippen molar-refractivity contribution >= 4 is 10.0 Å². The Morgan fingerprint density at radius 2 is 2.10 bits per heavy atom. The molecule has 1 aliphatic rings. The van der Waals surface area contributed by atoms with E-state index in [1.807, 2.05) is 27.1 Å². The van der Waals surface area contributed by atoms with Gasteiger partial charge >= 0.3 is 0 Å². The van der Waals surface area contributed by atoms with E-state index >= 15 is 0 Å². The summed E-state index contributed by atoms with van der Waals surface area (Å²) in [5, 5.41) is 0. The van der Waals surface area contributed by atoms with Crippen molar-refractivity contribution in [3.8, 4) is 0 Å². The van der Waals surface area contributed by atoms with Crippen molar-refractivity contribution in [1.82, 2.24) is 9.21 Å². The zero-order chi connectivity index (χ0) is 14.9. The minimum Gasteiger partial charge on any atom is -0.324 e. The third kappa shape index (κ3) is 3.03. The first-order valence-electron chi connectivity index (χ1n) is 6.84. The van der Waals surface area contributed by atoms with E-state index in [-0.39, 0.29) is 6.04 Å². The van der Waals surface area contributed by atoms with Crippen molar-refractivity contribution in [3.05, 3.63) is 29.8 Å². The van der Waals surface area contributed by atoms with Gasteiger partial charge in [0.25, 0.3) is 0 Å².